The molecule has 0 aliphatic heterocycles. The van der Waals surface area contributed by atoms with Crippen LogP contribution in [0.3, 0.4) is 0 Å². The molecule has 0 nitrogen and oxygen atoms in total. The minimum atomic E-state index is -0.189. The zero-order valence-electron chi connectivity index (χ0n) is 9.06. The highest BCUT2D eigenvalue weighted by Crippen LogP contribution is 2.32. The zero-order valence-corrected chi connectivity index (χ0v) is 11.4. The van der Waals surface area contributed by atoms with E-state index in [-0.39, 0.29) is 5.82 Å². The molecule has 1 aromatic carbocycles. The Labute approximate surface area is 109 Å². The van der Waals surface area contributed by atoms with Gasteiger partial charge in [0.2, 0.25) is 0 Å². The van der Waals surface area contributed by atoms with Crippen molar-refractivity contribution in [2.45, 2.75) is 36.9 Å². The first-order valence-corrected chi connectivity index (χ1v) is 7.02. The summed E-state index contributed by atoms with van der Waals surface area (Å²) in [5.74, 6) is 0.447. The molecule has 1 fully saturated rings. The second-order valence-corrected chi connectivity index (χ2v) is 6.27. The molecule has 88 valence electrons. The van der Waals surface area contributed by atoms with E-state index in [0.29, 0.717) is 15.8 Å². The third-order valence-electron chi connectivity index (χ3n) is 3.24. The van der Waals surface area contributed by atoms with Gasteiger partial charge in [-0.3, -0.25) is 0 Å². The average Bonchev–Trinajstić information content (AvgIpc) is 2.24. The molecular weight excluding hydrogens is 290 g/mol. The number of hydrogen-bond donors (Lipinski definition) is 0. The molecule has 0 bridgehead atoms. The molecule has 0 N–H and O–H groups in total. The lowest BCUT2D eigenvalue weighted by Gasteiger charge is -2.25. The molecule has 0 heterocycles. The first-order valence-electron chi connectivity index (χ1n) is 5.73. The van der Waals surface area contributed by atoms with Gasteiger partial charge < -0.3 is 0 Å². The van der Waals surface area contributed by atoms with Crippen LogP contribution in [-0.4, -0.2) is 4.83 Å². The zero-order chi connectivity index (χ0) is 11.5. The summed E-state index contributed by atoms with van der Waals surface area (Å²) in [6.45, 7) is 0. The van der Waals surface area contributed by atoms with Gasteiger partial charge in [-0.05, 0) is 48.9 Å². The Hall–Kier alpha value is -0.0800. The Kier molecular flexibility index (Phi) is 4.26. The SMILES string of the molecule is Fc1ccc(Cl)c(CC2CCCC(Br)C2)c1. The van der Waals surface area contributed by atoms with E-state index >= 15 is 0 Å². The normalized spacial score (nSPS) is 25.7. The Morgan fingerprint density at radius 1 is 1.38 bits per heavy atom. The maximum absolute atomic E-state index is 13.1. The quantitative estimate of drug-likeness (QED) is 0.676. The van der Waals surface area contributed by atoms with E-state index in [1.54, 1.807) is 12.1 Å². The highest BCUT2D eigenvalue weighted by atomic mass is 79.9. The van der Waals surface area contributed by atoms with Crippen molar-refractivity contribution >= 4 is 27.5 Å². The number of hydrogen-bond acceptors (Lipinski definition) is 0. The van der Waals surface area contributed by atoms with Gasteiger partial charge in [0.25, 0.3) is 0 Å². The van der Waals surface area contributed by atoms with Crippen molar-refractivity contribution in [2.75, 3.05) is 0 Å². The van der Waals surface area contributed by atoms with Gasteiger partial charge in [-0.25, -0.2) is 4.39 Å². The lowest BCUT2D eigenvalue weighted by Crippen LogP contribution is -2.17. The Morgan fingerprint density at radius 3 is 2.94 bits per heavy atom. The van der Waals surface area contributed by atoms with E-state index in [1.807, 2.05) is 0 Å². The van der Waals surface area contributed by atoms with Crippen molar-refractivity contribution in [2.24, 2.45) is 5.92 Å². The second kappa shape index (κ2) is 5.50. The number of rotatable bonds is 2. The standard InChI is InChI=1S/C13H15BrClF/c14-11-3-1-2-9(7-11)6-10-8-12(16)4-5-13(10)15/h4-5,8-9,11H,1-3,6-7H2. The Morgan fingerprint density at radius 2 is 2.19 bits per heavy atom. The van der Waals surface area contributed by atoms with Crippen LogP contribution in [0.15, 0.2) is 18.2 Å². The van der Waals surface area contributed by atoms with E-state index in [0.717, 1.165) is 12.0 Å². The summed E-state index contributed by atoms with van der Waals surface area (Å²) in [7, 11) is 0. The van der Waals surface area contributed by atoms with Crippen molar-refractivity contribution in [3.8, 4) is 0 Å². The molecule has 2 atom stereocenters. The first-order chi connectivity index (χ1) is 7.65. The predicted octanol–water partition coefficient (Wildman–Crippen LogP) is 4.98. The van der Waals surface area contributed by atoms with Gasteiger partial charge in [-0.2, -0.15) is 0 Å². The largest absolute Gasteiger partial charge is 0.207 e. The summed E-state index contributed by atoms with van der Waals surface area (Å²) in [5.41, 5.74) is 0.952. The molecule has 3 heteroatoms. The van der Waals surface area contributed by atoms with Crippen LogP contribution in [0.25, 0.3) is 0 Å². The number of halogens is 3. The van der Waals surface area contributed by atoms with Crippen LogP contribution in [0, 0.1) is 11.7 Å². The average molecular weight is 306 g/mol. The van der Waals surface area contributed by atoms with Crippen molar-refractivity contribution in [1.29, 1.82) is 0 Å². The summed E-state index contributed by atoms with van der Waals surface area (Å²) < 4.78 is 13.1. The summed E-state index contributed by atoms with van der Waals surface area (Å²) in [5, 5.41) is 0.693. The molecule has 2 unspecified atom stereocenters. The molecule has 1 aliphatic carbocycles. The van der Waals surface area contributed by atoms with Crippen molar-refractivity contribution < 1.29 is 4.39 Å². The fourth-order valence-electron chi connectivity index (χ4n) is 2.42. The predicted molar refractivity (Wildman–Crippen MR) is 69.8 cm³/mol. The third kappa shape index (κ3) is 3.21. The van der Waals surface area contributed by atoms with Gasteiger partial charge in [0.15, 0.2) is 0 Å². The van der Waals surface area contributed by atoms with Crippen LogP contribution in [0.5, 0.6) is 0 Å². The molecule has 1 saturated carbocycles. The summed E-state index contributed by atoms with van der Waals surface area (Å²) >= 11 is 9.74. The summed E-state index contributed by atoms with van der Waals surface area (Å²) in [6, 6.07) is 4.64. The van der Waals surface area contributed by atoms with Crippen molar-refractivity contribution in [3.63, 3.8) is 0 Å². The molecular formula is C13H15BrClF. The summed E-state index contributed by atoms with van der Waals surface area (Å²) in [6.07, 6.45) is 5.82. The third-order valence-corrected chi connectivity index (χ3v) is 4.44. The van der Waals surface area contributed by atoms with Crippen LogP contribution in [0.2, 0.25) is 5.02 Å². The van der Waals surface area contributed by atoms with Crippen LogP contribution < -0.4 is 0 Å². The fraction of sp³-hybridized carbons (Fsp3) is 0.538. The molecule has 0 amide bonds. The highest BCUT2D eigenvalue weighted by Gasteiger charge is 2.21. The van der Waals surface area contributed by atoms with E-state index < -0.39 is 0 Å². The van der Waals surface area contributed by atoms with E-state index in [9.17, 15) is 4.39 Å². The monoisotopic (exact) mass is 304 g/mol. The molecule has 0 aromatic heterocycles. The lowest BCUT2D eigenvalue weighted by molar-refractivity contribution is 0.367. The lowest BCUT2D eigenvalue weighted by atomic mass is 9.85. The molecule has 0 spiro atoms. The Balaban J connectivity index is 2.05. The summed E-state index contributed by atoms with van der Waals surface area (Å²) in [4.78, 5) is 0.624. The van der Waals surface area contributed by atoms with Crippen molar-refractivity contribution in [1.82, 2.24) is 0 Å². The van der Waals surface area contributed by atoms with Crippen LogP contribution in [0.4, 0.5) is 4.39 Å². The van der Waals surface area contributed by atoms with Gasteiger partial charge in [0.05, 0.1) is 0 Å². The highest BCUT2D eigenvalue weighted by molar-refractivity contribution is 9.09. The Bertz CT molecular complexity index is 367. The maximum Gasteiger partial charge on any atom is 0.123 e. The fourth-order valence-corrected chi connectivity index (χ4v) is 3.47. The molecule has 0 saturated heterocycles. The molecule has 0 radical (unpaired) electrons. The van der Waals surface area contributed by atoms with E-state index in [1.165, 1.54) is 31.7 Å². The molecule has 1 aliphatic rings. The first kappa shape index (κ1) is 12.4. The molecule has 1 aromatic rings. The van der Waals surface area contributed by atoms with Crippen molar-refractivity contribution in [3.05, 3.63) is 34.6 Å². The second-order valence-electron chi connectivity index (χ2n) is 4.57. The van der Waals surface area contributed by atoms with Gasteiger partial charge in [-0.15, -0.1) is 0 Å². The topological polar surface area (TPSA) is 0 Å². The van der Waals surface area contributed by atoms with Crippen LogP contribution in [-0.2, 0) is 6.42 Å². The minimum absolute atomic E-state index is 0.189. The molecule has 16 heavy (non-hydrogen) atoms. The van der Waals surface area contributed by atoms with E-state index in [4.69, 9.17) is 11.6 Å². The van der Waals surface area contributed by atoms with Gasteiger partial charge in [0, 0.05) is 9.85 Å². The number of alkyl halides is 1. The maximum atomic E-state index is 13.1. The number of benzene rings is 1. The smallest absolute Gasteiger partial charge is 0.123 e. The van der Waals surface area contributed by atoms with Gasteiger partial charge in [0.1, 0.15) is 5.82 Å². The van der Waals surface area contributed by atoms with Crippen LogP contribution >= 0.6 is 27.5 Å². The van der Waals surface area contributed by atoms with Gasteiger partial charge >= 0.3 is 0 Å². The molecule has 2 rings (SSSR count). The van der Waals surface area contributed by atoms with Crippen LogP contribution in [0.1, 0.15) is 31.2 Å². The van der Waals surface area contributed by atoms with E-state index in [2.05, 4.69) is 15.9 Å². The minimum Gasteiger partial charge on any atom is -0.207 e. The van der Waals surface area contributed by atoms with Gasteiger partial charge in [-0.1, -0.05) is 40.4 Å².